The Labute approximate surface area is 95.2 Å². The van der Waals surface area contributed by atoms with Crippen LogP contribution >= 0.6 is 0 Å². The monoisotopic (exact) mass is 230 g/mol. The normalized spacial score (nSPS) is 16.8. The number of hydroxylamine groups is 1. The second-order valence-corrected chi connectivity index (χ2v) is 3.81. The molecule has 1 saturated heterocycles. The lowest BCUT2D eigenvalue weighted by atomic mass is 10.3. The van der Waals surface area contributed by atoms with Crippen molar-refractivity contribution in [1.29, 1.82) is 0 Å². The van der Waals surface area contributed by atoms with Crippen LogP contribution in [-0.2, 0) is 9.53 Å². The first kappa shape index (κ1) is 13.0. The number of carbonyl (C=O) groups is 1. The molecule has 4 N–H and O–H groups in total. The third-order valence-electron chi connectivity index (χ3n) is 2.60. The Morgan fingerprint density at radius 1 is 1.44 bits per heavy atom. The maximum Gasteiger partial charge on any atom is 0.269 e. The van der Waals surface area contributed by atoms with Gasteiger partial charge in [-0.05, 0) is 0 Å². The quantitative estimate of drug-likeness (QED) is 0.240. The molecule has 0 aromatic heterocycles. The van der Waals surface area contributed by atoms with Gasteiger partial charge in [-0.15, -0.1) is 0 Å². The van der Waals surface area contributed by atoms with Crippen LogP contribution < -0.4 is 15.7 Å². The van der Waals surface area contributed by atoms with Gasteiger partial charge in [0.25, 0.3) is 5.91 Å². The molecule has 1 aliphatic rings. The molecule has 0 aromatic carbocycles. The lowest BCUT2D eigenvalue weighted by molar-refractivity contribution is -0.908. The first-order chi connectivity index (χ1) is 7.74. The summed E-state index contributed by atoms with van der Waals surface area (Å²) in [7, 11) is 0. The Morgan fingerprint density at radius 3 is 2.75 bits per heavy atom. The van der Waals surface area contributed by atoms with Crippen molar-refractivity contribution in [2.45, 2.75) is 6.42 Å². The van der Waals surface area contributed by atoms with Crippen molar-refractivity contribution in [3.63, 3.8) is 0 Å². The number of morpholine rings is 1. The third-order valence-corrected chi connectivity index (χ3v) is 2.60. The fourth-order valence-electron chi connectivity index (χ4n) is 1.61. The molecule has 0 atom stereocenters. The van der Waals surface area contributed by atoms with Crippen LogP contribution in [0.3, 0.4) is 0 Å². The largest absolute Gasteiger partial charge is 0.370 e. The van der Waals surface area contributed by atoms with E-state index >= 15 is 0 Å². The Hall–Kier alpha value is -1.11. The predicted octanol–water partition coefficient (Wildman–Crippen LogP) is -2.10. The molecule has 0 aliphatic carbocycles. The van der Waals surface area contributed by atoms with E-state index in [9.17, 15) is 4.79 Å². The van der Waals surface area contributed by atoms with Crippen molar-refractivity contribution in [2.24, 2.45) is 0 Å². The number of quaternary nitrogens is 1. The molecular weight excluding hydrogens is 210 g/mol. The highest BCUT2D eigenvalue weighted by atomic mass is 16.5. The first-order valence-corrected chi connectivity index (χ1v) is 5.52. The minimum absolute atomic E-state index is 0.0290. The van der Waals surface area contributed by atoms with Gasteiger partial charge in [0.05, 0.1) is 19.8 Å². The van der Waals surface area contributed by atoms with Crippen molar-refractivity contribution in [1.82, 2.24) is 10.8 Å². The minimum atomic E-state index is -0.362. The van der Waals surface area contributed by atoms with Gasteiger partial charge in [0.1, 0.15) is 18.8 Å². The summed E-state index contributed by atoms with van der Waals surface area (Å²) in [6.07, 6.45) is 0.916. The summed E-state index contributed by atoms with van der Waals surface area (Å²) < 4.78 is 5.25. The van der Waals surface area contributed by atoms with Crippen LogP contribution in [0.15, 0.2) is 12.3 Å². The Balaban J connectivity index is 2.02. The molecule has 0 aromatic rings. The van der Waals surface area contributed by atoms with E-state index in [1.165, 1.54) is 4.90 Å². The van der Waals surface area contributed by atoms with Gasteiger partial charge in [0.2, 0.25) is 0 Å². The van der Waals surface area contributed by atoms with Crippen LogP contribution in [0, 0.1) is 0 Å². The zero-order chi connectivity index (χ0) is 11.8. The number of ether oxygens (including phenoxy) is 1. The van der Waals surface area contributed by atoms with E-state index in [-0.39, 0.29) is 11.6 Å². The highest BCUT2D eigenvalue weighted by Gasteiger charge is 2.13. The molecule has 1 fully saturated rings. The molecule has 1 aliphatic heterocycles. The molecule has 0 bridgehead atoms. The number of nitrogens with one attached hydrogen (secondary N) is 3. The Kier molecular flexibility index (Phi) is 5.84. The molecule has 0 radical (unpaired) electrons. The molecule has 6 nitrogen and oxygen atoms in total. The summed E-state index contributed by atoms with van der Waals surface area (Å²) in [6.45, 7) is 8.71. The first-order valence-electron chi connectivity index (χ1n) is 5.52. The average Bonchev–Trinajstić information content (AvgIpc) is 2.34. The number of rotatable bonds is 6. The Bertz CT molecular complexity index is 239. The average molecular weight is 230 g/mol. The second-order valence-electron chi connectivity index (χ2n) is 3.81. The van der Waals surface area contributed by atoms with Crippen LogP contribution in [0.4, 0.5) is 0 Å². The molecule has 0 unspecified atom stereocenters. The van der Waals surface area contributed by atoms with Gasteiger partial charge in [-0.25, -0.2) is 0 Å². The van der Waals surface area contributed by atoms with Crippen LogP contribution in [0.2, 0.25) is 0 Å². The zero-order valence-electron chi connectivity index (χ0n) is 9.42. The summed E-state index contributed by atoms with van der Waals surface area (Å²) in [5.74, 6) is -0.362. The van der Waals surface area contributed by atoms with Gasteiger partial charge in [0.15, 0.2) is 0 Å². The highest BCUT2D eigenvalue weighted by molar-refractivity contribution is 5.91. The molecule has 16 heavy (non-hydrogen) atoms. The molecule has 1 rings (SSSR count). The lowest BCUT2D eigenvalue weighted by Crippen LogP contribution is -3.14. The van der Waals surface area contributed by atoms with E-state index in [1.54, 1.807) is 5.48 Å². The maximum absolute atomic E-state index is 11.2. The van der Waals surface area contributed by atoms with Crippen LogP contribution in [0.5, 0.6) is 0 Å². The van der Waals surface area contributed by atoms with E-state index in [2.05, 4.69) is 11.9 Å². The summed E-state index contributed by atoms with van der Waals surface area (Å²) in [5, 5.41) is 11.1. The number of amides is 1. The van der Waals surface area contributed by atoms with E-state index in [4.69, 9.17) is 9.94 Å². The summed E-state index contributed by atoms with van der Waals surface area (Å²) >= 11 is 0. The number of carbonyl (C=O) groups excluding carboxylic acids is 1. The summed E-state index contributed by atoms with van der Waals surface area (Å²) in [6, 6.07) is 0. The van der Waals surface area contributed by atoms with E-state index in [0.29, 0.717) is 6.54 Å². The van der Waals surface area contributed by atoms with Gasteiger partial charge in [0, 0.05) is 13.0 Å². The van der Waals surface area contributed by atoms with Crippen LogP contribution in [0.25, 0.3) is 0 Å². The molecule has 0 spiro atoms. The Morgan fingerprint density at radius 2 is 2.12 bits per heavy atom. The van der Waals surface area contributed by atoms with E-state index < -0.39 is 0 Å². The van der Waals surface area contributed by atoms with Gasteiger partial charge >= 0.3 is 0 Å². The molecule has 6 heteroatoms. The van der Waals surface area contributed by atoms with Crippen molar-refractivity contribution < 1.29 is 19.6 Å². The minimum Gasteiger partial charge on any atom is -0.370 e. The predicted molar refractivity (Wildman–Crippen MR) is 58.1 cm³/mol. The van der Waals surface area contributed by atoms with Crippen molar-refractivity contribution >= 4 is 5.91 Å². The smallest absolute Gasteiger partial charge is 0.269 e. The van der Waals surface area contributed by atoms with Gasteiger partial charge < -0.3 is 15.0 Å². The lowest BCUT2D eigenvalue weighted by Gasteiger charge is -2.23. The molecule has 1 heterocycles. The van der Waals surface area contributed by atoms with Gasteiger partial charge in [-0.3, -0.25) is 15.5 Å². The third kappa shape index (κ3) is 4.61. The standard InChI is InChI=1S/C10H19N3O3/c1-9(12-15)10(14)11-3-2-4-13-5-7-16-8-6-13/h12,15H,1-8H2,(H,11,14)/p+1. The summed E-state index contributed by atoms with van der Waals surface area (Å²) in [4.78, 5) is 12.7. The van der Waals surface area contributed by atoms with E-state index in [1.807, 2.05) is 0 Å². The van der Waals surface area contributed by atoms with Crippen molar-refractivity contribution in [2.75, 3.05) is 39.4 Å². The fourth-order valence-corrected chi connectivity index (χ4v) is 1.61. The van der Waals surface area contributed by atoms with Crippen LogP contribution in [0.1, 0.15) is 6.42 Å². The molecule has 1 amide bonds. The number of hydrogen-bond donors (Lipinski definition) is 4. The topological polar surface area (TPSA) is 75.0 Å². The van der Waals surface area contributed by atoms with Crippen molar-refractivity contribution in [3.8, 4) is 0 Å². The molecule has 92 valence electrons. The van der Waals surface area contributed by atoms with Crippen LogP contribution in [-0.4, -0.2) is 50.5 Å². The maximum atomic E-state index is 11.2. The zero-order valence-corrected chi connectivity index (χ0v) is 9.42. The van der Waals surface area contributed by atoms with E-state index in [0.717, 1.165) is 39.3 Å². The SMILES string of the molecule is C=C(NO)C(=O)NCCC[NH+]1CCOCC1. The van der Waals surface area contributed by atoms with Crippen molar-refractivity contribution in [3.05, 3.63) is 12.3 Å². The second kappa shape index (κ2) is 7.21. The fraction of sp³-hybridized carbons (Fsp3) is 0.700. The molecule has 0 saturated carbocycles. The molecular formula is C10H20N3O3+. The van der Waals surface area contributed by atoms with Gasteiger partial charge in [-0.2, -0.15) is 0 Å². The van der Waals surface area contributed by atoms with Gasteiger partial charge in [-0.1, -0.05) is 6.58 Å². The summed E-state index contributed by atoms with van der Waals surface area (Å²) in [5.41, 5.74) is 1.70. The number of hydrogen-bond acceptors (Lipinski definition) is 4. The highest BCUT2D eigenvalue weighted by Crippen LogP contribution is 1.82.